The summed E-state index contributed by atoms with van der Waals surface area (Å²) in [6.07, 6.45) is -0.283. The summed E-state index contributed by atoms with van der Waals surface area (Å²) in [5.41, 5.74) is 0.744. The molecule has 1 aromatic carbocycles. The molecule has 17 heavy (non-hydrogen) atoms. The predicted molar refractivity (Wildman–Crippen MR) is 72.1 cm³/mol. The zero-order chi connectivity index (χ0) is 12.4. The van der Waals surface area contributed by atoms with Crippen molar-refractivity contribution in [1.29, 1.82) is 0 Å². The van der Waals surface area contributed by atoms with Gasteiger partial charge in [0.1, 0.15) is 5.82 Å². The van der Waals surface area contributed by atoms with Crippen LogP contribution in [0.4, 0.5) is 4.39 Å². The lowest BCUT2D eigenvalue weighted by molar-refractivity contribution is 0.182. The van der Waals surface area contributed by atoms with Crippen LogP contribution >= 0.6 is 38.9 Å². The molecule has 1 N–H and O–H groups in total. The van der Waals surface area contributed by atoms with Gasteiger partial charge in [-0.25, -0.2) is 4.39 Å². The molecule has 0 radical (unpaired) electrons. The maximum Gasteiger partial charge on any atom is 0.124 e. The van der Waals surface area contributed by atoms with Gasteiger partial charge in [0.25, 0.3) is 0 Å². The Labute approximate surface area is 116 Å². The van der Waals surface area contributed by atoms with Gasteiger partial charge in [0, 0.05) is 15.8 Å². The lowest BCUT2D eigenvalue weighted by Crippen LogP contribution is -2.00. The smallest absolute Gasteiger partial charge is 0.124 e. The van der Waals surface area contributed by atoms with Gasteiger partial charge in [-0.05, 0) is 35.9 Å². The highest BCUT2D eigenvalue weighted by Gasteiger charge is 2.12. The lowest BCUT2D eigenvalue weighted by Gasteiger charge is -2.09. The van der Waals surface area contributed by atoms with Crippen LogP contribution in [0.25, 0.3) is 0 Å². The Bertz CT molecular complexity index is 509. The van der Waals surface area contributed by atoms with Crippen LogP contribution in [0.15, 0.2) is 34.8 Å². The van der Waals surface area contributed by atoms with Crippen molar-refractivity contribution in [2.24, 2.45) is 0 Å². The molecular weight excluding hydrogens is 327 g/mol. The summed E-state index contributed by atoms with van der Waals surface area (Å²) in [6.45, 7) is 0. The van der Waals surface area contributed by atoms with Crippen molar-refractivity contribution in [3.05, 3.63) is 55.4 Å². The molecule has 0 saturated heterocycles. The fraction of sp³-hybridized carbons (Fsp3) is 0.167. The minimum Gasteiger partial charge on any atom is -0.387 e. The Kier molecular flexibility index (Phi) is 4.20. The van der Waals surface area contributed by atoms with Crippen LogP contribution in [0.5, 0.6) is 0 Å². The molecule has 2 rings (SSSR count). The van der Waals surface area contributed by atoms with Crippen molar-refractivity contribution >= 4 is 38.9 Å². The first-order valence-electron chi connectivity index (χ1n) is 4.93. The van der Waals surface area contributed by atoms with E-state index >= 15 is 0 Å². The quantitative estimate of drug-likeness (QED) is 0.870. The van der Waals surface area contributed by atoms with Crippen molar-refractivity contribution in [1.82, 2.24) is 0 Å². The van der Waals surface area contributed by atoms with Gasteiger partial charge < -0.3 is 5.11 Å². The maximum absolute atomic E-state index is 13.2. The minimum absolute atomic E-state index is 0.314. The van der Waals surface area contributed by atoms with E-state index in [0.29, 0.717) is 15.2 Å². The van der Waals surface area contributed by atoms with Crippen molar-refractivity contribution < 1.29 is 9.50 Å². The average Bonchev–Trinajstić information content (AvgIpc) is 2.63. The number of hydrogen-bond donors (Lipinski definition) is 1. The first-order chi connectivity index (χ1) is 8.04. The third-order valence-electron chi connectivity index (χ3n) is 2.27. The van der Waals surface area contributed by atoms with Gasteiger partial charge in [0.15, 0.2) is 0 Å². The van der Waals surface area contributed by atoms with E-state index in [4.69, 9.17) is 11.6 Å². The largest absolute Gasteiger partial charge is 0.387 e. The van der Waals surface area contributed by atoms with Gasteiger partial charge in [0.05, 0.1) is 10.4 Å². The Morgan fingerprint density at radius 1 is 1.35 bits per heavy atom. The lowest BCUT2D eigenvalue weighted by atomic mass is 10.1. The number of benzene rings is 1. The molecule has 90 valence electrons. The standard InChI is InChI=1S/C12H9BrClFOS/c13-8-3-7(4-9(15)6-8)5-10(16)11-1-2-12(14)17-11/h1-4,6,10,16H,5H2. The van der Waals surface area contributed by atoms with E-state index in [1.165, 1.54) is 23.5 Å². The maximum atomic E-state index is 13.2. The molecule has 1 heterocycles. The monoisotopic (exact) mass is 334 g/mol. The number of rotatable bonds is 3. The Morgan fingerprint density at radius 3 is 2.71 bits per heavy atom. The molecule has 1 atom stereocenters. The summed E-state index contributed by atoms with van der Waals surface area (Å²) >= 11 is 10.4. The first-order valence-corrected chi connectivity index (χ1v) is 6.91. The molecule has 0 spiro atoms. The van der Waals surface area contributed by atoms with Gasteiger partial charge in [-0.3, -0.25) is 0 Å². The van der Waals surface area contributed by atoms with Gasteiger partial charge in [-0.15, -0.1) is 11.3 Å². The fourth-order valence-corrected chi connectivity index (χ4v) is 3.12. The summed E-state index contributed by atoms with van der Waals surface area (Å²) in [5, 5.41) is 9.98. The SMILES string of the molecule is OC(Cc1cc(F)cc(Br)c1)c1ccc(Cl)s1. The van der Waals surface area contributed by atoms with Crippen molar-refractivity contribution in [2.75, 3.05) is 0 Å². The van der Waals surface area contributed by atoms with Crippen LogP contribution in [-0.4, -0.2) is 5.11 Å². The van der Waals surface area contributed by atoms with Crippen LogP contribution in [0.3, 0.4) is 0 Å². The molecule has 0 saturated carbocycles. The summed E-state index contributed by atoms with van der Waals surface area (Å²) in [5.74, 6) is -0.314. The van der Waals surface area contributed by atoms with E-state index in [2.05, 4.69) is 15.9 Å². The normalized spacial score (nSPS) is 12.7. The highest BCUT2D eigenvalue weighted by Crippen LogP contribution is 2.29. The third-order valence-corrected chi connectivity index (χ3v) is 4.06. The molecule has 1 unspecified atom stereocenters. The van der Waals surface area contributed by atoms with Gasteiger partial charge in [-0.1, -0.05) is 27.5 Å². The number of thiophene rings is 1. The summed E-state index contributed by atoms with van der Waals surface area (Å²) in [7, 11) is 0. The second-order valence-corrected chi connectivity index (χ2v) is 6.30. The Balaban J connectivity index is 2.15. The molecule has 2 aromatic rings. The van der Waals surface area contributed by atoms with Crippen LogP contribution in [-0.2, 0) is 6.42 Å². The summed E-state index contributed by atoms with van der Waals surface area (Å²) < 4.78 is 14.5. The summed E-state index contributed by atoms with van der Waals surface area (Å²) in [6, 6.07) is 8.13. The Hall–Kier alpha value is -0.420. The van der Waals surface area contributed by atoms with E-state index in [0.717, 1.165) is 10.4 Å². The average molecular weight is 336 g/mol. The third kappa shape index (κ3) is 3.52. The molecule has 0 aliphatic carbocycles. The number of aliphatic hydroxyl groups is 1. The molecule has 0 aliphatic heterocycles. The van der Waals surface area contributed by atoms with Crippen molar-refractivity contribution in [2.45, 2.75) is 12.5 Å². The highest BCUT2D eigenvalue weighted by molar-refractivity contribution is 9.10. The van der Waals surface area contributed by atoms with Gasteiger partial charge >= 0.3 is 0 Å². The molecule has 1 nitrogen and oxygen atoms in total. The van der Waals surface area contributed by atoms with Crippen LogP contribution < -0.4 is 0 Å². The van der Waals surface area contributed by atoms with E-state index in [1.54, 1.807) is 18.2 Å². The first kappa shape index (κ1) is 13.0. The molecule has 5 heteroatoms. The van der Waals surface area contributed by atoms with Gasteiger partial charge in [0.2, 0.25) is 0 Å². The highest BCUT2D eigenvalue weighted by atomic mass is 79.9. The number of hydrogen-bond acceptors (Lipinski definition) is 2. The van der Waals surface area contributed by atoms with E-state index in [9.17, 15) is 9.50 Å². The molecule has 0 bridgehead atoms. The molecular formula is C12H9BrClFOS. The van der Waals surface area contributed by atoms with E-state index in [1.807, 2.05) is 0 Å². The minimum atomic E-state index is -0.652. The second kappa shape index (κ2) is 5.48. The molecule has 0 aliphatic rings. The molecule has 0 fully saturated rings. The number of halogens is 3. The second-order valence-electron chi connectivity index (χ2n) is 3.64. The topological polar surface area (TPSA) is 20.2 Å². The zero-order valence-electron chi connectivity index (χ0n) is 8.66. The van der Waals surface area contributed by atoms with Crippen molar-refractivity contribution in [3.8, 4) is 0 Å². The van der Waals surface area contributed by atoms with Crippen LogP contribution in [0.2, 0.25) is 4.34 Å². The molecule has 0 amide bonds. The van der Waals surface area contributed by atoms with Gasteiger partial charge in [-0.2, -0.15) is 0 Å². The molecule has 1 aromatic heterocycles. The number of aliphatic hydroxyl groups excluding tert-OH is 1. The summed E-state index contributed by atoms with van der Waals surface area (Å²) in [4.78, 5) is 0.787. The zero-order valence-corrected chi connectivity index (χ0v) is 11.8. The van der Waals surface area contributed by atoms with Crippen molar-refractivity contribution in [3.63, 3.8) is 0 Å². The Morgan fingerprint density at radius 2 is 2.12 bits per heavy atom. The van der Waals surface area contributed by atoms with Crippen LogP contribution in [0.1, 0.15) is 16.5 Å². The predicted octanol–water partition coefficient (Wildman–Crippen LogP) is 4.58. The van der Waals surface area contributed by atoms with E-state index < -0.39 is 6.10 Å². The fourth-order valence-electron chi connectivity index (χ4n) is 1.56. The van der Waals surface area contributed by atoms with Crippen LogP contribution in [0, 0.1) is 5.82 Å². The van der Waals surface area contributed by atoms with E-state index in [-0.39, 0.29) is 5.82 Å².